The summed E-state index contributed by atoms with van der Waals surface area (Å²) in [4.78, 5) is 39.9. The third-order valence-corrected chi connectivity index (χ3v) is 7.34. The van der Waals surface area contributed by atoms with Crippen molar-refractivity contribution < 1.29 is 19.2 Å². The Morgan fingerprint density at radius 1 is 0.884 bits per heavy atom. The smallest absolute Gasteiger partial charge is 0.343 e. The zero-order valence-corrected chi connectivity index (χ0v) is 23.9. The number of carbonyl (C=O) groups is 2. The van der Waals surface area contributed by atoms with E-state index in [-0.39, 0.29) is 17.0 Å². The van der Waals surface area contributed by atoms with Gasteiger partial charge in [0.1, 0.15) is 11.4 Å². The van der Waals surface area contributed by atoms with Gasteiger partial charge in [-0.2, -0.15) is 5.10 Å². The largest absolute Gasteiger partial charge is 0.422 e. The van der Waals surface area contributed by atoms with Crippen molar-refractivity contribution in [2.75, 3.05) is 0 Å². The van der Waals surface area contributed by atoms with E-state index in [2.05, 4.69) is 31.4 Å². The van der Waals surface area contributed by atoms with Crippen LogP contribution in [0.5, 0.6) is 5.75 Å². The first kappa shape index (κ1) is 27.6. The van der Waals surface area contributed by atoms with E-state index in [4.69, 9.17) is 4.74 Å². The molecule has 0 radical (unpaired) electrons. The molecule has 0 aliphatic rings. The van der Waals surface area contributed by atoms with Gasteiger partial charge < -0.3 is 9.72 Å². The number of nitrogens with zero attached hydrogens (tertiary/aromatic N) is 2. The number of aromatic nitrogens is 1. The number of non-ortho nitro benzene ring substituents is 1. The minimum Gasteiger partial charge on any atom is -0.422 e. The molecular formula is C33H21BrN4O5. The fourth-order valence-electron chi connectivity index (χ4n) is 4.82. The van der Waals surface area contributed by atoms with Gasteiger partial charge in [0.25, 0.3) is 11.6 Å². The van der Waals surface area contributed by atoms with E-state index >= 15 is 0 Å². The van der Waals surface area contributed by atoms with E-state index in [1.54, 1.807) is 18.2 Å². The zero-order valence-electron chi connectivity index (χ0n) is 22.3. The second-order valence-corrected chi connectivity index (χ2v) is 10.4. The Labute approximate surface area is 253 Å². The average molecular weight is 633 g/mol. The van der Waals surface area contributed by atoms with E-state index in [1.807, 2.05) is 66.7 Å². The lowest BCUT2D eigenvalue weighted by Crippen LogP contribution is -2.19. The van der Waals surface area contributed by atoms with Crippen molar-refractivity contribution in [1.82, 2.24) is 10.4 Å². The topological polar surface area (TPSA) is 127 Å². The molecular weight excluding hydrogens is 612 g/mol. The number of ether oxygens (including phenoxy) is 1. The van der Waals surface area contributed by atoms with Gasteiger partial charge in [0.15, 0.2) is 0 Å². The normalized spacial score (nSPS) is 11.2. The summed E-state index contributed by atoms with van der Waals surface area (Å²) in [6, 6.07) is 31.7. The molecule has 43 heavy (non-hydrogen) atoms. The van der Waals surface area contributed by atoms with Crippen LogP contribution in [0.25, 0.3) is 32.8 Å². The van der Waals surface area contributed by atoms with Gasteiger partial charge in [-0.15, -0.1) is 0 Å². The Morgan fingerprint density at radius 3 is 2.40 bits per heavy atom. The van der Waals surface area contributed by atoms with Gasteiger partial charge in [-0.1, -0.05) is 82.7 Å². The summed E-state index contributed by atoms with van der Waals surface area (Å²) in [5.74, 6) is -0.963. The van der Waals surface area contributed by atoms with E-state index in [9.17, 15) is 19.7 Å². The van der Waals surface area contributed by atoms with Crippen molar-refractivity contribution in [3.05, 3.63) is 141 Å². The third-order valence-electron chi connectivity index (χ3n) is 6.85. The molecule has 6 aromatic rings. The van der Waals surface area contributed by atoms with Crippen LogP contribution in [0.2, 0.25) is 0 Å². The number of aromatic amines is 1. The highest BCUT2D eigenvalue weighted by atomic mass is 79.9. The highest BCUT2D eigenvalue weighted by Gasteiger charge is 2.20. The maximum atomic E-state index is 13.5. The van der Waals surface area contributed by atoms with Gasteiger partial charge in [0, 0.05) is 38.5 Å². The second-order valence-electron chi connectivity index (χ2n) is 9.53. The molecule has 0 spiro atoms. The molecule has 210 valence electrons. The lowest BCUT2D eigenvalue weighted by atomic mass is 9.99. The monoisotopic (exact) mass is 632 g/mol. The van der Waals surface area contributed by atoms with Crippen molar-refractivity contribution in [2.24, 2.45) is 5.10 Å². The van der Waals surface area contributed by atoms with Gasteiger partial charge in [-0.25, -0.2) is 10.2 Å². The minimum atomic E-state index is -0.700. The number of nitrogens with one attached hydrogen (secondary N) is 2. The number of halogens is 1. The predicted octanol–water partition coefficient (Wildman–Crippen LogP) is 7.64. The van der Waals surface area contributed by atoms with Crippen LogP contribution in [0.3, 0.4) is 0 Å². The molecule has 0 fully saturated rings. The van der Waals surface area contributed by atoms with Gasteiger partial charge >= 0.3 is 5.97 Å². The molecule has 0 unspecified atom stereocenters. The molecule has 0 bridgehead atoms. The van der Waals surface area contributed by atoms with E-state index in [1.165, 1.54) is 30.5 Å². The molecule has 1 amide bonds. The van der Waals surface area contributed by atoms with Crippen LogP contribution in [0.15, 0.2) is 119 Å². The van der Waals surface area contributed by atoms with E-state index in [0.29, 0.717) is 15.7 Å². The predicted molar refractivity (Wildman–Crippen MR) is 168 cm³/mol. The number of hydrogen-bond acceptors (Lipinski definition) is 6. The fraction of sp³-hybridized carbons (Fsp3) is 0. The molecule has 0 saturated carbocycles. The number of rotatable bonds is 7. The van der Waals surface area contributed by atoms with Crippen molar-refractivity contribution in [3.63, 3.8) is 0 Å². The summed E-state index contributed by atoms with van der Waals surface area (Å²) in [5, 5.41) is 18.0. The highest BCUT2D eigenvalue weighted by Crippen LogP contribution is 2.36. The molecule has 5 aromatic carbocycles. The summed E-state index contributed by atoms with van der Waals surface area (Å²) >= 11 is 3.40. The summed E-state index contributed by atoms with van der Waals surface area (Å²) in [6.45, 7) is 0. The van der Waals surface area contributed by atoms with Crippen LogP contribution in [0.1, 0.15) is 26.4 Å². The Morgan fingerprint density at radius 2 is 1.63 bits per heavy atom. The molecule has 0 saturated heterocycles. The standard InChI is InChI=1S/C33H21BrN4O5/c34-24-13-17-28(43-33(40)22-10-14-25(15-11-22)38(41)42)23(18-24)19-35-37-32(39)31-29(21-7-2-1-3-8-21)27-16-12-20-6-4-5-9-26(20)30(27)36-31/h1-19,36H,(H,37,39). The number of H-pyrrole nitrogens is 1. The number of benzene rings is 5. The van der Waals surface area contributed by atoms with Crippen LogP contribution in [-0.2, 0) is 0 Å². The van der Waals surface area contributed by atoms with Crippen molar-refractivity contribution in [2.45, 2.75) is 0 Å². The fourth-order valence-corrected chi connectivity index (χ4v) is 5.20. The number of carbonyl (C=O) groups excluding carboxylic acids is 2. The maximum absolute atomic E-state index is 13.5. The van der Waals surface area contributed by atoms with E-state index < -0.39 is 16.8 Å². The molecule has 0 aliphatic heterocycles. The molecule has 9 nitrogen and oxygen atoms in total. The minimum absolute atomic E-state index is 0.137. The van der Waals surface area contributed by atoms with Crippen molar-refractivity contribution >= 4 is 61.4 Å². The molecule has 2 N–H and O–H groups in total. The average Bonchev–Trinajstić information content (AvgIpc) is 3.43. The molecule has 1 heterocycles. The Balaban J connectivity index is 1.29. The Hall–Kier alpha value is -5.61. The third kappa shape index (κ3) is 5.64. The van der Waals surface area contributed by atoms with Gasteiger partial charge in [0.2, 0.25) is 0 Å². The van der Waals surface area contributed by atoms with Gasteiger partial charge in [-0.05, 0) is 41.3 Å². The lowest BCUT2D eigenvalue weighted by Gasteiger charge is -2.08. The van der Waals surface area contributed by atoms with E-state index in [0.717, 1.165) is 32.8 Å². The number of nitro groups is 1. The number of esters is 1. The quantitative estimate of drug-likeness (QED) is 0.0614. The second kappa shape index (κ2) is 11.7. The first-order valence-corrected chi connectivity index (χ1v) is 13.9. The highest BCUT2D eigenvalue weighted by molar-refractivity contribution is 9.10. The maximum Gasteiger partial charge on any atom is 0.343 e. The molecule has 0 atom stereocenters. The lowest BCUT2D eigenvalue weighted by molar-refractivity contribution is -0.384. The molecule has 6 rings (SSSR count). The molecule has 0 aliphatic carbocycles. The van der Waals surface area contributed by atoms with Crippen LogP contribution >= 0.6 is 15.9 Å². The number of fused-ring (bicyclic) bond motifs is 3. The molecule has 10 heteroatoms. The van der Waals surface area contributed by atoms with Crippen molar-refractivity contribution in [1.29, 1.82) is 0 Å². The SMILES string of the molecule is O=C(Oc1ccc(Br)cc1C=NNC(=O)c1[nH]c2c(ccc3ccccc32)c1-c1ccccc1)c1ccc([N+](=O)[O-])cc1. The van der Waals surface area contributed by atoms with Gasteiger partial charge in [0.05, 0.1) is 22.2 Å². The first-order valence-electron chi connectivity index (χ1n) is 13.1. The number of hydrogen-bond donors (Lipinski definition) is 2. The zero-order chi connectivity index (χ0) is 29.9. The summed E-state index contributed by atoms with van der Waals surface area (Å²) in [5.41, 5.74) is 5.85. The summed E-state index contributed by atoms with van der Waals surface area (Å²) < 4.78 is 6.25. The van der Waals surface area contributed by atoms with Crippen LogP contribution in [-0.4, -0.2) is 28.0 Å². The van der Waals surface area contributed by atoms with Crippen molar-refractivity contribution in [3.8, 4) is 16.9 Å². The van der Waals surface area contributed by atoms with Crippen LogP contribution in [0.4, 0.5) is 5.69 Å². The van der Waals surface area contributed by atoms with Gasteiger partial charge in [-0.3, -0.25) is 14.9 Å². The summed E-state index contributed by atoms with van der Waals surface area (Å²) in [7, 11) is 0. The number of amides is 1. The number of hydrazone groups is 1. The van der Waals surface area contributed by atoms with Crippen LogP contribution in [0, 0.1) is 10.1 Å². The molecule has 1 aromatic heterocycles. The summed E-state index contributed by atoms with van der Waals surface area (Å²) in [6.07, 6.45) is 1.38. The van der Waals surface area contributed by atoms with Crippen LogP contribution < -0.4 is 10.2 Å². The first-order chi connectivity index (χ1) is 20.9. The Bertz CT molecular complexity index is 2050. The number of nitro benzene ring substituents is 1. The Kier molecular flexibility index (Phi) is 7.50.